The zero-order valence-corrected chi connectivity index (χ0v) is 8.52. The summed E-state index contributed by atoms with van der Waals surface area (Å²) in [5.74, 6) is -0.0192. The van der Waals surface area contributed by atoms with Gasteiger partial charge in [0.25, 0.3) is 0 Å². The largest absolute Gasteiger partial charge is 0.377 e. The van der Waals surface area contributed by atoms with E-state index in [4.69, 9.17) is 4.74 Å². The maximum absolute atomic E-state index is 12.0. The molecule has 0 aromatic carbocycles. The predicted molar refractivity (Wildman–Crippen MR) is 51.2 cm³/mol. The van der Waals surface area contributed by atoms with Crippen molar-refractivity contribution in [3.63, 3.8) is 0 Å². The normalized spacial score (nSPS) is 31.9. The number of fused-ring (bicyclic) bond motifs is 1. The van der Waals surface area contributed by atoms with Gasteiger partial charge < -0.3 is 9.64 Å². The van der Waals surface area contributed by atoms with Crippen molar-refractivity contribution in [2.24, 2.45) is 0 Å². The minimum atomic E-state index is -0.0953. The first-order chi connectivity index (χ1) is 7.27. The van der Waals surface area contributed by atoms with Gasteiger partial charge in [0.05, 0.1) is 25.7 Å². The summed E-state index contributed by atoms with van der Waals surface area (Å²) in [5.41, 5.74) is 0. The lowest BCUT2D eigenvalue weighted by Crippen LogP contribution is -2.61. The van der Waals surface area contributed by atoms with Crippen molar-refractivity contribution in [3.05, 3.63) is 0 Å². The highest BCUT2D eigenvalue weighted by molar-refractivity contribution is 5.98. The van der Waals surface area contributed by atoms with Crippen molar-refractivity contribution in [1.82, 2.24) is 9.80 Å². The van der Waals surface area contributed by atoms with E-state index >= 15 is 0 Å². The van der Waals surface area contributed by atoms with Gasteiger partial charge in [0.15, 0.2) is 0 Å². The van der Waals surface area contributed by atoms with Crippen molar-refractivity contribution in [2.75, 3.05) is 19.8 Å². The van der Waals surface area contributed by atoms with E-state index in [0.29, 0.717) is 26.2 Å². The topological polar surface area (TPSA) is 49.9 Å². The van der Waals surface area contributed by atoms with Gasteiger partial charge in [-0.05, 0) is 12.8 Å². The molecule has 1 unspecified atom stereocenters. The van der Waals surface area contributed by atoms with Crippen LogP contribution in [-0.2, 0) is 9.53 Å². The summed E-state index contributed by atoms with van der Waals surface area (Å²) < 4.78 is 5.28. The summed E-state index contributed by atoms with van der Waals surface area (Å²) in [6.07, 6.45) is 2.39. The standard InChI is InChI=1S/C10H14N2O3/c13-9-5-8-6-15-4-3-11(8)10(14)12(9)7-1-2-7/h7-8H,1-6H2. The summed E-state index contributed by atoms with van der Waals surface area (Å²) >= 11 is 0. The molecule has 3 rings (SSSR count). The zero-order valence-electron chi connectivity index (χ0n) is 8.52. The minimum Gasteiger partial charge on any atom is -0.377 e. The van der Waals surface area contributed by atoms with Gasteiger partial charge in [0.1, 0.15) is 0 Å². The van der Waals surface area contributed by atoms with Crippen LogP contribution < -0.4 is 0 Å². The molecule has 0 N–H and O–H groups in total. The van der Waals surface area contributed by atoms with Gasteiger partial charge in [-0.3, -0.25) is 9.69 Å². The smallest absolute Gasteiger partial charge is 0.327 e. The summed E-state index contributed by atoms with van der Waals surface area (Å²) in [5, 5.41) is 0. The predicted octanol–water partition coefficient (Wildman–Crippen LogP) is 0.202. The molecular weight excluding hydrogens is 196 g/mol. The number of carbonyl (C=O) groups is 2. The molecule has 15 heavy (non-hydrogen) atoms. The molecule has 0 aromatic rings. The maximum atomic E-state index is 12.0. The Bertz CT molecular complexity index is 314. The molecule has 0 radical (unpaired) electrons. The zero-order chi connectivity index (χ0) is 10.4. The van der Waals surface area contributed by atoms with Crippen LogP contribution in [-0.4, -0.2) is 53.6 Å². The monoisotopic (exact) mass is 210 g/mol. The highest BCUT2D eigenvalue weighted by Crippen LogP contribution is 2.32. The van der Waals surface area contributed by atoms with Crippen molar-refractivity contribution < 1.29 is 14.3 Å². The van der Waals surface area contributed by atoms with Gasteiger partial charge in [-0.2, -0.15) is 0 Å². The second-order valence-corrected chi connectivity index (χ2v) is 4.40. The summed E-state index contributed by atoms with van der Waals surface area (Å²) in [7, 11) is 0. The number of imide groups is 1. The Morgan fingerprint density at radius 2 is 2.00 bits per heavy atom. The van der Waals surface area contributed by atoms with Crippen LogP contribution in [0.1, 0.15) is 19.3 Å². The van der Waals surface area contributed by atoms with Gasteiger partial charge in [-0.15, -0.1) is 0 Å². The Morgan fingerprint density at radius 1 is 1.20 bits per heavy atom. The van der Waals surface area contributed by atoms with Crippen LogP contribution in [0, 0.1) is 0 Å². The Kier molecular flexibility index (Phi) is 1.95. The fourth-order valence-electron chi connectivity index (χ4n) is 2.31. The van der Waals surface area contributed by atoms with E-state index < -0.39 is 0 Å². The Labute approximate surface area is 88.0 Å². The van der Waals surface area contributed by atoms with Gasteiger partial charge in [-0.25, -0.2) is 4.79 Å². The molecule has 5 nitrogen and oxygen atoms in total. The second-order valence-electron chi connectivity index (χ2n) is 4.40. The number of ether oxygens (including phenoxy) is 1. The third-order valence-corrected chi connectivity index (χ3v) is 3.27. The van der Waals surface area contributed by atoms with Crippen LogP contribution in [0.2, 0.25) is 0 Å². The van der Waals surface area contributed by atoms with Crippen LogP contribution in [0.5, 0.6) is 0 Å². The molecule has 1 atom stereocenters. The van der Waals surface area contributed by atoms with Gasteiger partial charge >= 0.3 is 6.03 Å². The molecule has 5 heteroatoms. The number of nitrogens with zero attached hydrogens (tertiary/aromatic N) is 2. The third-order valence-electron chi connectivity index (χ3n) is 3.27. The minimum absolute atomic E-state index is 0.0192. The highest BCUT2D eigenvalue weighted by atomic mass is 16.5. The SMILES string of the molecule is O=C1CC2COCCN2C(=O)N1C1CC1. The molecule has 0 aromatic heterocycles. The van der Waals surface area contributed by atoms with Crippen LogP contribution >= 0.6 is 0 Å². The van der Waals surface area contributed by atoms with E-state index in [1.54, 1.807) is 4.90 Å². The Balaban J connectivity index is 1.82. The average molecular weight is 210 g/mol. The summed E-state index contributed by atoms with van der Waals surface area (Å²) in [6, 6.07) is 0.0737. The molecule has 1 saturated carbocycles. The van der Waals surface area contributed by atoms with E-state index in [9.17, 15) is 9.59 Å². The van der Waals surface area contributed by atoms with Gasteiger partial charge in [-0.1, -0.05) is 0 Å². The molecule has 0 bridgehead atoms. The number of morpholine rings is 1. The average Bonchev–Trinajstić information content (AvgIpc) is 3.02. The molecule has 1 aliphatic carbocycles. The lowest BCUT2D eigenvalue weighted by Gasteiger charge is -2.42. The molecule has 2 saturated heterocycles. The number of rotatable bonds is 1. The summed E-state index contributed by atoms with van der Waals surface area (Å²) in [4.78, 5) is 27.0. The Hall–Kier alpha value is -1.10. The molecule has 0 spiro atoms. The van der Waals surface area contributed by atoms with Crippen molar-refractivity contribution in [2.45, 2.75) is 31.3 Å². The molecule has 3 fully saturated rings. The number of amides is 3. The van der Waals surface area contributed by atoms with Crippen LogP contribution in [0.25, 0.3) is 0 Å². The number of hydrogen-bond acceptors (Lipinski definition) is 3. The van der Waals surface area contributed by atoms with E-state index in [0.717, 1.165) is 12.8 Å². The van der Waals surface area contributed by atoms with Gasteiger partial charge in [0, 0.05) is 12.6 Å². The first-order valence-corrected chi connectivity index (χ1v) is 5.48. The fraction of sp³-hybridized carbons (Fsp3) is 0.800. The van der Waals surface area contributed by atoms with E-state index in [-0.39, 0.29) is 24.0 Å². The quantitative estimate of drug-likeness (QED) is 0.621. The number of carbonyl (C=O) groups excluding carboxylic acids is 2. The highest BCUT2D eigenvalue weighted by Gasteiger charge is 2.46. The van der Waals surface area contributed by atoms with Crippen molar-refractivity contribution >= 4 is 11.9 Å². The fourth-order valence-corrected chi connectivity index (χ4v) is 2.31. The van der Waals surface area contributed by atoms with E-state index in [1.165, 1.54) is 4.90 Å². The van der Waals surface area contributed by atoms with Crippen molar-refractivity contribution in [3.8, 4) is 0 Å². The molecule has 82 valence electrons. The Morgan fingerprint density at radius 3 is 2.73 bits per heavy atom. The molecule has 3 amide bonds. The first-order valence-electron chi connectivity index (χ1n) is 5.48. The van der Waals surface area contributed by atoms with Crippen molar-refractivity contribution in [1.29, 1.82) is 0 Å². The van der Waals surface area contributed by atoms with E-state index in [2.05, 4.69) is 0 Å². The molecule has 2 heterocycles. The third kappa shape index (κ3) is 1.42. The maximum Gasteiger partial charge on any atom is 0.327 e. The lowest BCUT2D eigenvalue weighted by molar-refractivity contribution is -0.136. The van der Waals surface area contributed by atoms with E-state index in [1.807, 2.05) is 0 Å². The van der Waals surface area contributed by atoms with Crippen LogP contribution in [0.3, 0.4) is 0 Å². The van der Waals surface area contributed by atoms with Crippen LogP contribution in [0.4, 0.5) is 4.79 Å². The lowest BCUT2D eigenvalue weighted by atomic mass is 10.1. The molecular formula is C10H14N2O3. The summed E-state index contributed by atoms with van der Waals surface area (Å²) in [6.45, 7) is 1.73. The van der Waals surface area contributed by atoms with Crippen LogP contribution in [0.15, 0.2) is 0 Å². The molecule has 2 aliphatic heterocycles. The van der Waals surface area contributed by atoms with Gasteiger partial charge in [0.2, 0.25) is 5.91 Å². The first kappa shape index (κ1) is 9.15. The number of urea groups is 1. The second kappa shape index (κ2) is 3.20. The molecule has 3 aliphatic rings. The number of hydrogen-bond donors (Lipinski definition) is 0.